The smallest absolute Gasteiger partial charge is 0.444 e. The van der Waals surface area contributed by atoms with Crippen LogP contribution in [0.4, 0.5) is 0 Å². The average Bonchev–Trinajstić information content (AvgIpc) is 2.59. The molecule has 0 amide bonds. The minimum atomic E-state index is -1.73. The Kier molecular flexibility index (Phi) is 2.07. The number of benzene rings is 1. The van der Waals surface area contributed by atoms with E-state index in [4.69, 9.17) is 14.5 Å². The summed E-state index contributed by atoms with van der Waals surface area (Å²) in [5.41, 5.74) is 1.30. The molecule has 0 aliphatic heterocycles. The van der Waals surface area contributed by atoms with E-state index in [0.29, 0.717) is 22.9 Å². The number of oxazole rings is 1. The van der Waals surface area contributed by atoms with Crippen LogP contribution in [0.25, 0.3) is 11.1 Å². The summed E-state index contributed by atoms with van der Waals surface area (Å²) in [5, 5.41) is 17.6. The van der Waals surface area contributed by atoms with Gasteiger partial charge in [-0.3, -0.25) is 4.79 Å². The third-order valence-electron chi connectivity index (χ3n) is 1.79. The maximum atomic E-state index is 10.4. The molecule has 0 unspecified atom stereocenters. The summed E-state index contributed by atoms with van der Waals surface area (Å²) < 4.78 is 5.00. The Labute approximate surface area is 79.1 Å². The van der Waals surface area contributed by atoms with Crippen LogP contribution < -0.4 is 5.79 Å². The van der Waals surface area contributed by atoms with Crippen LogP contribution >= 0.6 is 0 Å². The fourth-order valence-electron chi connectivity index (χ4n) is 1.14. The van der Waals surface area contributed by atoms with Crippen LogP contribution in [0.5, 0.6) is 0 Å². The Balaban J connectivity index is 2.59. The van der Waals surface area contributed by atoms with Gasteiger partial charge in [-0.05, 0) is 18.2 Å². The number of nitrogens with zero attached hydrogens (tertiary/aromatic N) is 1. The number of carbonyl (C=O) groups is 1. The zero-order chi connectivity index (χ0) is 10.1. The number of rotatable bonds is 2. The predicted octanol–water partition coefficient (Wildman–Crippen LogP) is -0.680. The molecule has 2 N–H and O–H groups in total. The van der Waals surface area contributed by atoms with Gasteiger partial charge in [0.2, 0.25) is 5.79 Å². The molecular formula is C8H6BNO4. The molecule has 0 aliphatic carbocycles. The largest absolute Gasteiger partial charge is 0.548 e. The number of hydrogen-bond acceptors (Lipinski definition) is 5. The van der Waals surface area contributed by atoms with Crippen LogP contribution in [-0.4, -0.2) is 28.4 Å². The Morgan fingerprint density at radius 2 is 2.21 bits per heavy atom. The summed E-state index contributed by atoms with van der Waals surface area (Å²) in [5.74, 6) is -0.178. The van der Waals surface area contributed by atoms with Gasteiger partial charge >= 0.3 is 7.12 Å². The first kappa shape index (κ1) is 8.92. The minimum absolute atomic E-state index is 0.178. The van der Waals surface area contributed by atoms with Crippen LogP contribution in [0, 0.1) is 0 Å². The van der Waals surface area contributed by atoms with Crippen molar-refractivity contribution in [2.75, 3.05) is 0 Å². The summed E-state index contributed by atoms with van der Waals surface area (Å²) >= 11 is 0. The van der Waals surface area contributed by atoms with E-state index in [1.54, 1.807) is 12.1 Å². The van der Waals surface area contributed by atoms with Crippen LogP contribution in [0.3, 0.4) is 0 Å². The highest BCUT2D eigenvalue weighted by Crippen LogP contribution is 2.12. The lowest BCUT2D eigenvalue weighted by Crippen LogP contribution is -2.30. The maximum absolute atomic E-state index is 10.4. The van der Waals surface area contributed by atoms with E-state index >= 15 is 0 Å². The lowest BCUT2D eigenvalue weighted by Gasteiger charge is -1.88. The molecule has 5 nitrogen and oxygen atoms in total. The highest BCUT2D eigenvalue weighted by Gasteiger charge is 2.19. The molecule has 0 spiro atoms. The van der Waals surface area contributed by atoms with Gasteiger partial charge in [0.15, 0.2) is 5.58 Å². The maximum Gasteiger partial charge on any atom is 0.548 e. The molecular weight excluding hydrogens is 185 g/mol. The second-order valence-electron chi connectivity index (χ2n) is 2.77. The van der Waals surface area contributed by atoms with Crippen LogP contribution in [-0.2, 0) is 0 Å². The summed E-state index contributed by atoms with van der Waals surface area (Å²) in [4.78, 5) is 14.2. The van der Waals surface area contributed by atoms with Crippen LogP contribution in [0.1, 0.15) is 10.4 Å². The molecule has 6 heteroatoms. The molecule has 2 rings (SSSR count). The minimum Gasteiger partial charge on any atom is -0.444 e. The van der Waals surface area contributed by atoms with E-state index in [-0.39, 0.29) is 5.79 Å². The molecule has 0 saturated heterocycles. The summed E-state index contributed by atoms with van der Waals surface area (Å²) in [6, 6.07) is 4.64. The van der Waals surface area contributed by atoms with E-state index < -0.39 is 7.12 Å². The molecule has 14 heavy (non-hydrogen) atoms. The fraction of sp³-hybridized carbons (Fsp3) is 0. The predicted molar refractivity (Wildman–Crippen MR) is 49.2 cm³/mol. The van der Waals surface area contributed by atoms with Crippen molar-refractivity contribution < 1.29 is 19.3 Å². The summed E-state index contributed by atoms with van der Waals surface area (Å²) in [6.07, 6.45) is 0.678. The zero-order valence-electron chi connectivity index (χ0n) is 7.04. The van der Waals surface area contributed by atoms with Crippen molar-refractivity contribution >= 4 is 30.3 Å². The van der Waals surface area contributed by atoms with Crippen molar-refractivity contribution in [3.63, 3.8) is 0 Å². The summed E-state index contributed by atoms with van der Waals surface area (Å²) in [7, 11) is -1.73. The molecule has 0 saturated carbocycles. The molecule has 1 aromatic carbocycles. The molecule has 2 aromatic rings. The Morgan fingerprint density at radius 3 is 2.86 bits per heavy atom. The third-order valence-corrected chi connectivity index (χ3v) is 1.79. The molecule has 0 fully saturated rings. The molecule has 0 aliphatic rings. The van der Waals surface area contributed by atoms with E-state index in [9.17, 15) is 4.79 Å². The van der Waals surface area contributed by atoms with Gasteiger partial charge in [-0.2, -0.15) is 0 Å². The monoisotopic (exact) mass is 191 g/mol. The van der Waals surface area contributed by atoms with Gasteiger partial charge < -0.3 is 14.5 Å². The van der Waals surface area contributed by atoms with E-state index in [0.717, 1.165) is 0 Å². The molecule has 1 aromatic heterocycles. The van der Waals surface area contributed by atoms with Crippen LogP contribution in [0.15, 0.2) is 22.6 Å². The molecule has 0 atom stereocenters. The normalized spacial score (nSPS) is 10.4. The lowest BCUT2D eigenvalue weighted by molar-refractivity contribution is 0.112. The Hall–Kier alpha value is -1.66. The number of aromatic nitrogens is 1. The van der Waals surface area contributed by atoms with Crippen molar-refractivity contribution in [3.05, 3.63) is 23.8 Å². The number of fused-ring (bicyclic) bond motifs is 1. The van der Waals surface area contributed by atoms with Crippen molar-refractivity contribution in [1.82, 2.24) is 4.98 Å². The van der Waals surface area contributed by atoms with Crippen molar-refractivity contribution in [1.29, 1.82) is 0 Å². The van der Waals surface area contributed by atoms with Crippen molar-refractivity contribution in [3.8, 4) is 0 Å². The first-order valence-corrected chi connectivity index (χ1v) is 3.92. The first-order chi connectivity index (χ1) is 6.70. The molecule has 0 radical (unpaired) electrons. The Morgan fingerprint density at radius 1 is 1.43 bits per heavy atom. The third kappa shape index (κ3) is 1.41. The second kappa shape index (κ2) is 3.24. The topological polar surface area (TPSA) is 83.6 Å². The van der Waals surface area contributed by atoms with Gasteiger partial charge in [0.1, 0.15) is 11.8 Å². The van der Waals surface area contributed by atoms with E-state index in [1.165, 1.54) is 6.07 Å². The molecule has 70 valence electrons. The van der Waals surface area contributed by atoms with E-state index in [1.807, 2.05) is 0 Å². The summed E-state index contributed by atoms with van der Waals surface area (Å²) in [6.45, 7) is 0. The van der Waals surface area contributed by atoms with Crippen molar-refractivity contribution in [2.45, 2.75) is 0 Å². The number of hydrogen-bond donors (Lipinski definition) is 2. The van der Waals surface area contributed by atoms with Gasteiger partial charge in [-0.1, -0.05) is 0 Å². The average molecular weight is 191 g/mol. The van der Waals surface area contributed by atoms with Gasteiger partial charge in [0.25, 0.3) is 0 Å². The number of carbonyl (C=O) groups excluding carboxylic acids is 1. The van der Waals surface area contributed by atoms with Gasteiger partial charge in [0.05, 0.1) is 0 Å². The second-order valence-corrected chi connectivity index (χ2v) is 2.77. The highest BCUT2D eigenvalue weighted by molar-refractivity contribution is 6.56. The van der Waals surface area contributed by atoms with Crippen LogP contribution in [0.2, 0.25) is 0 Å². The quantitative estimate of drug-likeness (QED) is 0.485. The lowest BCUT2D eigenvalue weighted by atomic mass is 9.93. The highest BCUT2D eigenvalue weighted by atomic mass is 16.4. The van der Waals surface area contributed by atoms with Gasteiger partial charge in [-0.15, -0.1) is 0 Å². The SMILES string of the molecule is O=Cc1ccc2nc(B(O)O)oc2c1. The first-order valence-electron chi connectivity index (χ1n) is 3.92. The van der Waals surface area contributed by atoms with E-state index in [2.05, 4.69) is 4.98 Å². The van der Waals surface area contributed by atoms with Crippen molar-refractivity contribution in [2.24, 2.45) is 0 Å². The molecule has 0 bridgehead atoms. The zero-order valence-corrected chi connectivity index (χ0v) is 7.04. The number of aldehydes is 1. The van der Waals surface area contributed by atoms with Gasteiger partial charge in [-0.25, -0.2) is 4.98 Å². The fourth-order valence-corrected chi connectivity index (χ4v) is 1.14. The van der Waals surface area contributed by atoms with Gasteiger partial charge in [0, 0.05) is 5.56 Å². The Bertz CT molecular complexity index is 479. The molecule has 1 heterocycles. The standard InChI is InChI=1S/C8H6BNO4/c11-4-5-1-2-6-7(3-5)14-8(10-6)9(12)13/h1-4,12-13H.